The fraction of sp³-hybridized carbons (Fsp3) is 0.0714. The average molecular weight is 437 g/mol. The Morgan fingerprint density at radius 3 is 2.52 bits per heavy atom. The summed E-state index contributed by atoms with van der Waals surface area (Å²) in [5.41, 5.74) is 0.647. The number of hydrogen-bond acceptors (Lipinski definition) is 2. The van der Waals surface area contributed by atoms with E-state index in [2.05, 4.69) is 37.2 Å². The van der Waals surface area contributed by atoms with E-state index in [0.29, 0.717) is 10.6 Å². The second-order valence-corrected chi connectivity index (χ2v) is 6.86. The number of halogens is 4. The van der Waals surface area contributed by atoms with Crippen molar-refractivity contribution in [3.05, 3.63) is 57.0 Å². The Hall–Kier alpha value is -0.920. The second-order valence-electron chi connectivity index (χ2n) is 4.04. The predicted molar refractivity (Wildman–Crippen MR) is 87.6 cm³/mol. The molecular weight excluding hydrogens is 428 g/mol. The Balaban J connectivity index is 1.94. The minimum atomic E-state index is -0.920. The highest BCUT2D eigenvalue weighted by molar-refractivity contribution is 9.11. The van der Waals surface area contributed by atoms with Crippen molar-refractivity contribution in [2.75, 3.05) is 11.1 Å². The normalized spacial score (nSPS) is 10.5. The van der Waals surface area contributed by atoms with Crippen molar-refractivity contribution >= 4 is 55.2 Å². The van der Waals surface area contributed by atoms with Gasteiger partial charge in [0.05, 0.1) is 11.4 Å². The number of rotatable bonds is 4. The molecule has 0 spiro atoms. The number of anilines is 1. The second kappa shape index (κ2) is 7.38. The van der Waals surface area contributed by atoms with Gasteiger partial charge >= 0.3 is 0 Å². The molecule has 0 radical (unpaired) electrons. The van der Waals surface area contributed by atoms with Gasteiger partial charge in [-0.15, -0.1) is 11.8 Å². The van der Waals surface area contributed by atoms with Crippen LogP contribution in [0.3, 0.4) is 0 Å². The minimum absolute atomic E-state index is 0.105. The van der Waals surface area contributed by atoms with E-state index in [9.17, 15) is 13.6 Å². The molecule has 0 bridgehead atoms. The molecule has 110 valence electrons. The van der Waals surface area contributed by atoms with Gasteiger partial charge in [-0.1, -0.05) is 15.9 Å². The smallest absolute Gasteiger partial charge is 0.234 e. The summed E-state index contributed by atoms with van der Waals surface area (Å²) in [5, 5.41) is 2.74. The lowest BCUT2D eigenvalue weighted by molar-refractivity contribution is -0.113. The molecule has 0 aliphatic heterocycles. The lowest BCUT2D eigenvalue weighted by Gasteiger charge is -2.08. The molecule has 1 N–H and O–H groups in total. The van der Waals surface area contributed by atoms with Crippen molar-refractivity contribution in [3.63, 3.8) is 0 Å². The van der Waals surface area contributed by atoms with Gasteiger partial charge < -0.3 is 5.32 Å². The van der Waals surface area contributed by atoms with Crippen LogP contribution in [0.1, 0.15) is 0 Å². The Morgan fingerprint density at radius 1 is 1.10 bits per heavy atom. The third-order valence-corrected chi connectivity index (χ3v) is 4.61. The van der Waals surface area contributed by atoms with Gasteiger partial charge in [-0.05, 0) is 52.3 Å². The summed E-state index contributed by atoms with van der Waals surface area (Å²) >= 11 is 7.81. The summed E-state index contributed by atoms with van der Waals surface area (Å²) < 4.78 is 27.5. The summed E-state index contributed by atoms with van der Waals surface area (Å²) in [6.07, 6.45) is 0. The quantitative estimate of drug-likeness (QED) is 0.665. The molecule has 0 atom stereocenters. The first-order valence-electron chi connectivity index (χ1n) is 5.78. The summed E-state index contributed by atoms with van der Waals surface area (Å²) in [7, 11) is 0. The number of hydrogen-bond donors (Lipinski definition) is 1. The van der Waals surface area contributed by atoms with Crippen molar-refractivity contribution in [1.29, 1.82) is 0 Å². The molecule has 2 rings (SSSR count). The molecule has 7 heteroatoms. The molecule has 0 aromatic heterocycles. The lowest BCUT2D eigenvalue weighted by atomic mass is 10.3. The predicted octanol–water partition coefficient (Wildman–Crippen LogP) is 5.22. The third kappa shape index (κ3) is 4.79. The van der Waals surface area contributed by atoms with E-state index in [-0.39, 0.29) is 11.7 Å². The average Bonchev–Trinajstić information content (AvgIpc) is 2.43. The summed E-state index contributed by atoms with van der Waals surface area (Å²) in [6.45, 7) is 0. The molecule has 2 aromatic rings. The molecule has 0 aliphatic carbocycles. The number of benzene rings is 2. The zero-order valence-electron chi connectivity index (χ0n) is 10.5. The molecule has 0 heterocycles. The standard InChI is InChI=1S/C14H9Br2F2NOS/c15-8-1-4-13(10(16)5-8)19-14(20)7-21-9-2-3-11(17)12(18)6-9/h1-6H,7H2,(H,19,20). The highest BCUT2D eigenvalue weighted by atomic mass is 79.9. The van der Waals surface area contributed by atoms with Crippen molar-refractivity contribution in [2.24, 2.45) is 0 Å². The fourth-order valence-corrected chi connectivity index (χ4v) is 3.36. The number of amides is 1. The van der Waals surface area contributed by atoms with Crippen molar-refractivity contribution in [1.82, 2.24) is 0 Å². The Morgan fingerprint density at radius 2 is 1.86 bits per heavy atom. The van der Waals surface area contributed by atoms with Gasteiger partial charge in [-0.25, -0.2) is 8.78 Å². The van der Waals surface area contributed by atoms with Gasteiger partial charge in [0, 0.05) is 13.8 Å². The van der Waals surface area contributed by atoms with Crippen LogP contribution in [0, 0.1) is 11.6 Å². The van der Waals surface area contributed by atoms with Crippen LogP contribution in [0.5, 0.6) is 0 Å². The summed E-state index contributed by atoms with van der Waals surface area (Å²) in [6, 6.07) is 8.94. The van der Waals surface area contributed by atoms with Crippen molar-refractivity contribution in [3.8, 4) is 0 Å². The first kappa shape index (κ1) is 16.5. The van der Waals surface area contributed by atoms with Gasteiger partial charge in [0.1, 0.15) is 0 Å². The maximum Gasteiger partial charge on any atom is 0.234 e. The zero-order valence-corrected chi connectivity index (χ0v) is 14.5. The maximum absolute atomic E-state index is 13.0. The van der Waals surface area contributed by atoms with Crippen LogP contribution in [-0.2, 0) is 4.79 Å². The zero-order chi connectivity index (χ0) is 15.4. The SMILES string of the molecule is O=C(CSc1ccc(F)c(F)c1)Nc1ccc(Br)cc1Br. The first-order valence-corrected chi connectivity index (χ1v) is 8.35. The number of thioether (sulfide) groups is 1. The Bertz CT molecular complexity index is 682. The van der Waals surface area contributed by atoms with E-state index >= 15 is 0 Å². The van der Waals surface area contributed by atoms with E-state index in [1.54, 1.807) is 6.07 Å². The Labute approximate surface area is 141 Å². The van der Waals surface area contributed by atoms with Gasteiger partial charge in [0.25, 0.3) is 0 Å². The molecule has 2 aromatic carbocycles. The third-order valence-electron chi connectivity index (χ3n) is 2.47. The van der Waals surface area contributed by atoms with Crippen LogP contribution in [0.15, 0.2) is 50.2 Å². The largest absolute Gasteiger partial charge is 0.324 e. The van der Waals surface area contributed by atoms with Crippen LogP contribution in [0.4, 0.5) is 14.5 Å². The van der Waals surface area contributed by atoms with Gasteiger partial charge in [0.15, 0.2) is 11.6 Å². The lowest BCUT2D eigenvalue weighted by Crippen LogP contribution is -2.14. The molecule has 0 saturated heterocycles. The van der Waals surface area contributed by atoms with Gasteiger partial charge in [-0.3, -0.25) is 4.79 Å². The molecule has 21 heavy (non-hydrogen) atoms. The minimum Gasteiger partial charge on any atom is -0.324 e. The van der Waals surface area contributed by atoms with E-state index in [1.807, 2.05) is 12.1 Å². The fourth-order valence-electron chi connectivity index (χ4n) is 1.49. The van der Waals surface area contributed by atoms with Gasteiger partial charge in [-0.2, -0.15) is 0 Å². The summed E-state index contributed by atoms with van der Waals surface area (Å²) in [5.74, 6) is -1.94. The van der Waals surface area contributed by atoms with Gasteiger partial charge in [0.2, 0.25) is 5.91 Å². The first-order chi connectivity index (χ1) is 9.95. The number of carbonyl (C=O) groups excluding carboxylic acids is 1. The van der Waals surface area contributed by atoms with Crippen molar-refractivity contribution in [2.45, 2.75) is 4.90 Å². The molecular formula is C14H9Br2F2NOS. The number of carbonyl (C=O) groups is 1. The maximum atomic E-state index is 13.0. The molecule has 0 aliphatic rings. The molecule has 0 saturated carbocycles. The summed E-state index contributed by atoms with van der Waals surface area (Å²) in [4.78, 5) is 12.3. The molecule has 0 unspecified atom stereocenters. The topological polar surface area (TPSA) is 29.1 Å². The molecule has 0 fully saturated rings. The van der Waals surface area contributed by atoms with Crippen molar-refractivity contribution < 1.29 is 13.6 Å². The molecule has 1 amide bonds. The van der Waals surface area contributed by atoms with Crippen LogP contribution in [-0.4, -0.2) is 11.7 Å². The van der Waals surface area contributed by atoms with Crippen LogP contribution < -0.4 is 5.32 Å². The monoisotopic (exact) mass is 435 g/mol. The van der Waals surface area contributed by atoms with E-state index in [1.165, 1.54) is 6.07 Å². The van der Waals surface area contributed by atoms with E-state index in [4.69, 9.17) is 0 Å². The van der Waals surface area contributed by atoms with E-state index in [0.717, 1.165) is 32.8 Å². The van der Waals surface area contributed by atoms with E-state index < -0.39 is 11.6 Å². The van der Waals surface area contributed by atoms with Crippen LogP contribution >= 0.6 is 43.6 Å². The van der Waals surface area contributed by atoms with Crippen LogP contribution in [0.25, 0.3) is 0 Å². The van der Waals surface area contributed by atoms with Crippen LogP contribution in [0.2, 0.25) is 0 Å². The Kier molecular flexibility index (Phi) is 5.78. The highest BCUT2D eigenvalue weighted by Crippen LogP contribution is 2.27. The highest BCUT2D eigenvalue weighted by Gasteiger charge is 2.08. The number of nitrogens with one attached hydrogen (secondary N) is 1. The molecule has 2 nitrogen and oxygen atoms in total.